The number of ether oxygens (including phenoxy) is 1. The minimum absolute atomic E-state index is 0.0737. The molecule has 1 aliphatic carbocycles. The Morgan fingerprint density at radius 2 is 1.75 bits per heavy atom. The van der Waals surface area contributed by atoms with Crippen LogP contribution in [0.1, 0.15) is 30.4 Å². The van der Waals surface area contributed by atoms with E-state index in [0.29, 0.717) is 26.0 Å². The lowest BCUT2D eigenvalue weighted by atomic mass is 9.97. The van der Waals surface area contributed by atoms with Crippen LogP contribution in [0.15, 0.2) is 41.3 Å². The van der Waals surface area contributed by atoms with Crippen LogP contribution in [0.5, 0.6) is 5.75 Å². The highest BCUT2D eigenvalue weighted by Gasteiger charge is 2.34. The van der Waals surface area contributed by atoms with Gasteiger partial charge in [0.25, 0.3) is 0 Å². The lowest BCUT2D eigenvalue weighted by Crippen LogP contribution is -2.43. The molecule has 1 amide bonds. The molecule has 0 spiro atoms. The zero-order chi connectivity index (χ0) is 22.7. The summed E-state index contributed by atoms with van der Waals surface area (Å²) in [6.07, 6.45) is 4.32. The molecular weight excluding hydrogens is 471 g/mol. The lowest BCUT2D eigenvalue weighted by molar-refractivity contribution is -0.126. The fourth-order valence-electron chi connectivity index (χ4n) is 4.34. The van der Waals surface area contributed by atoms with E-state index in [9.17, 15) is 13.2 Å². The second-order valence-corrected chi connectivity index (χ2v) is 10.8. The van der Waals surface area contributed by atoms with Crippen molar-refractivity contribution in [1.29, 1.82) is 0 Å². The maximum absolute atomic E-state index is 13.0. The molecule has 32 heavy (non-hydrogen) atoms. The highest BCUT2D eigenvalue weighted by molar-refractivity contribution is 7.89. The summed E-state index contributed by atoms with van der Waals surface area (Å²) >= 11 is 12.2. The summed E-state index contributed by atoms with van der Waals surface area (Å²) in [7, 11) is -3.81. The number of nitrogens with one attached hydrogen (secondary N) is 1. The molecule has 6 nitrogen and oxygen atoms in total. The largest absolute Gasteiger partial charge is 0.492 e. The van der Waals surface area contributed by atoms with E-state index in [1.807, 2.05) is 6.07 Å². The number of fused-ring (bicyclic) bond motifs is 1. The Morgan fingerprint density at radius 3 is 2.47 bits per heavy atom. The van der Waals surface area contributed by atoms with Gasteiger partial charge in [-0.1, -0.05) is 35.3 Å². The van der Waals surface area contributed by atoms with Crippen LogP contribution < -0.4 is 10.1 Å². The van der Waals surface area contributed by atoms with E-state index in [1.54, 1.807) is 6.07 Å². The van der Waals surface area contributed by atoms with Crippen LogP contribution in [0.2, 0.25) is 10.0 Å². The Kier molecular flexibility index (Phi) is 7.30. The number of sulfonamides is 1. The number of carbonyl (C=O) groups excluding carboxylic acids is 1. The van der Waals surface area contributed by atoms with Crippen molar-refractivity contribution in [3.8, 4) is 5.75 Å². The third-order valence-electron chi connectivity index (χ3n) is 6.08. The topological polar surface area (TPSA) is 75.7 Å². The van der Waals surface area contributed by atoms with Crippen molar-refractivity contribution in [3.63, 3.8) is 0 Å². The summed E-state index contributed by atoms with van der Waals surface area (Å²) in [4.78, 5) is 12.4. The third-order valence-corrected chi connectivity index (χ3v) is 8.94. The van der Waals surface area contributed by atoms with Gasteiger partial charge in [-0.2, -0.15) is 4.31 Å². The van der Waals surface area contributed by atoms with Gasteiger partial charge in [0.2, 0.25) is 15.9 Å². The van der Waals surface area contributed by atoms with Crippen molar-refractivity contribution in [1.82, 2.24) is 9.62 Å². The van der Waals surface area contributed by atoms with E-state index in [0.717, 1.165) is 18.6 Å². The zero-order valence-electron chi connectivity index (χ0n) is 17.6. The third kappa shape index (κ3) is 5.06. The molecule has 9 heteroatoms. The monoisotopic (exact) mass is 496 g/mol. The van der Waals surface area contributed by atoms with E-state index in [2.05, 4.69) is 17.4 Å². The molecule has 2 aromatic rings. The van der Waals surface area contributed by atoms with Gasteiger partial charge < -0.3 is 10.1 Å². The van der Waals surface area contributed by atoms with E-state index in [4.69, 9.17) is 27.9 Å². The van der Waals surface area contributed by atoms with Crippen LogP contribution in [0.4, 0.5) is 0 Å². The SMILES string of the molecule is O=C(NCCOc1ccc2c(c1)CCC2)C1CCN(S(=O)(=O)c2c(Cl)cccc2Cl)CC1. The maximum Gasteiger partial charge on any atom is 0.246 e. The second-order valence-electron chi connectivity index (χ2n) is 8.15. The number of nitrogens with zero attached hydrogens (tertiary/aromatic N) is 1. The van der Waals surface area contributed by atoms with Crippen LogP contribution in [-0.4, -0.2) is 44.9 Å². The second kappa shape index (κ2) is 10.00. The molecule has 172 valence electrons. The molecule has 4 rings (SSSR count). The van der Waals surface area contributed by atoms with Gasteiger partial charge in [-0.15, -0.1) is 0 Å². The number of halogens is 2. The van der Waals surface area contributed by atoms with Gasteiger partial charge >= 0.3 is 0 Å². The molecule has 0 aromatic heterocycles. The highest BCUT2D eigenvalue weighted by Crippen LogP contribution is 2.33. The average molecular weight is 497 g/mol. The Bertz CT molecular complexity index is 1080. The first kappa shape index (κ1) is 23.4. The Labute approximate surface area is 198 Å². The van der Waals surface area contributed by atoms with Gasteiger partial charge in [0.1, 0.15) is 17.3 Å². The number of amides is 1. The van der Waals surface area contributed by atoms with E-state index in [-0.39, 0.29) is 39.9 Å². The first-order valence-electron chi connectivity index (χ1n) is 10.8. The summed E-state index contributed by atoms with van der Waals surface area (Å²) in [6, 6.07) is 10.8. The molecule has 2 aliphatic rings. The first-order valence-corrected chi connectivity index (χ1v) is 13.0. The number of rotatable bonds is 7. The number of piperidine rings is 1. The number of benzene rings is 2. The Morgan fingerprint density at radius 1 is 1.06 bits per heavy atom. The van der Waals surface area contributed by atoms with Gasteiger partial charge in [-0.3, -0.25) is 4.79 Å². The van der Waals surface area contributed by atoms with Crippen molar-refractivity contribution < 1.29 is 17.9 Å². The van der Waals surface area contributed by atoms with Crippen LogP contribution in [0, 0.1) is 5.92 Å². The van der Waals surface area contributed by atoms with E-state index in [1.165, 1.54) is 34.0 Å². The summed E-state index contributed by atoms with van der Waals surface area (Å²) in [5, 5.41) is 3.10. The fourth-order valence-corrected chi connectivity index (χ4v) is 6.90. The Balaban J connectivity index is 1.24. The molecule has 0 unspecified atom stereocenters. The highest BCUT2D eigenvalue weighted by atomic mass is 35.5. The van der Waals surface area contributed by atoms with Crippen molar-refractivity contribution in [2.45, 2.75) is 37.0 Å². The molecule has 1 saturated heterocycles. The van der Waals surface area contributed by atoms with Crippen molar-refractivity contribution in [2.75, 3.05) is 26.2 Å². The van der Waals surface area contributed by atoms with Gasteiger partial charge in [-0.05, 0) is 67.5 Å². The summed E-state index contributed by atoms with van der Waals surface area (Å²) in [6.45, 7) is 1.29. The number of aryl methyl sites for hydroxylation is 2. The smallest absolute Gasteiger partial charge is 0.246 e. The molecule has 1 aliphatic heterocycles. The van der Waals surface area contributed by atoms with Crippen LogP contribution in [-0.2, 0) is 27.7 Å². The molecule has 0 radical (unpaired) electrons. The first-order chi connectivity index (χ1) is 15.4. The van der Waals surface area contributed by atoms with Gasteiger partial charge in [0.15, 0.2) is 0 Å². The van der Waals surface area contributed by atoms with Crippen LogP contribution in [0.3, 0.4) is 0 Å². The van der Waals surface area contributed by atoms with E-state index >= 15 is 0 Å². The molecule has 0 bridgehead atoms. The van der Waals surface area contributed by atoms with E-state index < -0.39 is 10.0 Å². The summed E-state index contributed by atoms with van der Waals surface area (Å²) in [5.74, 6) is 0.523. The number of hydrogen-bond donors (Lipinski definition) is 1. The molecule has 2 aromatic carbocycles. The number of hydrogen-bond acceptors (Lipinski definition) is 4. The zero-order valence-corrected chi connectivity index (χ0v) is 20.0. The molecule has 1 fully saturated rings. The summed E-state index contributed by atoms with van der Waals surface area (Å²) in [5.41, 5.74) is 2.75. The normalized spacial score (nSPS) is 17.2. The predicted molar refractivity (Wildman–Crippen MR) is 125 cm³/mol. The summed E-state index contributed by atoms with van der Waals surface area (Å²) < 4.78 is 33.0. The van der Waals surface area contributed by atoms with Crippen LogP contribution in [0.25, 0.3) is 0 Å². The average Bonchev–Trinajstić information content (AvgIpc) is 3.24. The molecule has 0 saturated carbocycles. The van der Waals surface area contributed by atoms with Gasteiger partial charge in [0.05, 0.1) is 16.6 Å². The minimum Gasteiger partial charge on any atom is -0.492 e. The quantitative estimate of drug-likeness (QED) is 0.585. The maximum atomic E-state index is 13.0. The molecular formula is C23H26Cl2N2O4S. The lowest BCUT2D eigenvalue weighted by Gasteiger charge is -2.31. The van der Waals surface area contributed by atoms with Crippen molar-refractivity contribution in [2.24, 2.45) is 5.92 Å². The van der Waals surface area contributed by atoms with Gasteiger partial charge in [0, 0.05) is 19.0 Å². The number of carbonyl (C=O) groups is 1. The van der Waals surface area contributed by atoms with Gasteiger partial charge in [-0.25, -0.2) is 8.42 Å². The fraction of sp³-hybridized carbons (Fsp3) is 0.435. The van der Waals surface area contributed by atoms with Crippen molar-refractivity contribution >= 4 is 39.1 Å². The Hall–Kier alpha value is -1.80. The molecule has 1 N–H and O–H groups in total. The van der Waals surface area contributed by atoms with Crippen LogP contribution >= 0.6 is 23.2 Å². The molecule has 0 atom stereocenters. The predicted octanol–water partition coefficient (Wildman–Crippen LogP) is 4.08. The minimum atomic E-state index is -3.81. The molecule has 1 heterocycles. The standard InChI is InChI=1S/C23H26Cl2N2O4S/c24-20-5-2-6-21(25)22(20)32(29,30)27-12-9-17(10-13-27)23(28)26-11-14-31-19-8-7-16-3-1-4-18(16)15-19/h2,5-8,15,17H,1,3-4,9-14H2,(H,26,28). The van der Waals surface area contributed by atoms with Crippen molar-refractivity contribution in [3.05, 3.63) is 57.6 Å².